The monoisotopic (exact) mass is 471 g/mol. The van der Waals surface area contributed by atoms with Gasteiger partial charge in [0.25, 0.3) is 0 Å². The molecule has 0 radical (unpaired) electrons. The molecule has 26 heavy (non-hydrogen) atoms. The first-order valence-electron chi connectivity index (χ1n) is 8.76. The van der Waals surface area contributed by atoms with Gasteiger partial charge in [-0.3, -0.25) is 9.67 Å². The summed E-state index contributed by atoms with van der Waals surface area (Å²) in [5.41, 5.74) is 1.19. The van der Waals surface area contributed by atoms with Crippen molar-refractivity contribution in [1.29, 1.82) is 0 Å². The van der Waals surface area contributed by atoms with Crippen molar-refractivity contribution in [1.82, 2.24) is 20.4 Å². The first-order chi connectivity index (χ1) is 12.1. The topological polar surface area (TPSA) is 63.5 Å². The number of nitrogens with one attached hydrogen (secondary N) is 2. The molecule has 0 fully saturated rings. The Morgan fingerprint density at radius 3 is 2.54 bits per heavy atom. The molecule has 0 aliphatic heterocycles. The molecule has 2 rings (SSSR count). The zero-order valence-electron chi connectivity index (χ0n) is 16.0. The van der Waals surface area contributed by atoms with Crippen LogP contribution in [0.5, 0.6) is 5.75 Å². The van der Waals surface area contributed by atoms with Gasteiger partial charge in [0.05, 0.1) is 19.2 Å². The lowest BCUT2D eigenvalue weighted by molar-refractivity contribution is 0.271. The molecule has 7 heteroatoms. The Hall–Kier alpha value is -1.77. The summed E-state index contributed by atoms with van der Waals surface area (Å²) < 4.78 is 7.62. The van der Waals surface area contributed by atoms with Crippen LogP contribution in [-0.4, -0.2) is 35.9 Å². The first kappa shape index (κ1) is 22.3. The number of ether oxygens (including phenoxy) is 1. The first-order valence-corrected chi connectivity index (χ1v) is 8.76. The van der Waals surface area contributed by atoms with E-state index in [0.29, 0.717) is 5.92 Å². The van der Waals surface area contributed by atoms with Crippen LogP contribution in [0.2, 0.25) is 0 Å². The van der Waals surface area contributed by atoms with E-state index < -0.39 is 0 Å². The molecular formula is C19H30IN5O. The van der Waals surface area contributed by atoms with Gasteiger partial charge in [0, 0.05) is 26.0 Å². The Labute approximate surface area is 173 Å². The molecule has 0 aliphatic carbocycles. The van der Waals surface area contributed by atoms with E-state index in [1.807, 2.05) is 29.1 Å². The molecule has 6 nitrogen and oxygen atoms in total. The fraction of sp³-hybridized carbons (Fsp3) is 0.474. The second-order valence-electron chi connectivity index (χ2n) is 6.41. The second-order valence-corrected chi connectivity index (χ2v) is 6.41. The minimum absolute atomic E-state index is 0. The molecule has 1 heterocycles. The standard InChI is InChI=1S/C19H29N5O.HI/c1-15(2)14-25-18-8-6-17(7-9-18)16(3)23-19(20-4)21-11-13-24-12-5-10-22-24;/h5-10,12,15-16H,11,13-14H2,1-4H3,(H2,20,21,23);1H. The van der Waals surface area contributed by atoms with Crippen LogP contribution in [0, 0.1) is 5.92 Å². The summed E-state index contributed by atoms with van der Waals surface area (Å²) in [6.45, 7) is 8.70. The van der Waals surface area contributed by atoms with Crippen LogP contribution in [0.15, 0.2) is 47.7 Å². The Balaban J connectivity index is 0.00000338. The normalized spacial score (nSPS) is 12.4. The number of hydrogen-bond donors (Lipinski definition) is 2. The van der Waals surface area contributed by atoms with Gasteiger partial charge < -0.3 is 15.4 Å². The molecule has 0 saturated carbocycles. The van der Waals surface area contributed by atoms with Gasteiger partial charge in [0.1, 0.15) is 5.75 Å². The zero-order valence-corrected chi connectivity index (χ0v) is 18.3. The number of halogens is 1. The third-order valence-electron chi connectivity index (χ3n) is 3.73. The lowest BCUT2D eigenvalue weighted by Crippen LogP contribution is -2.40. The van der Waals surface area contributed by atoms with Gasteiger partial charge in [-0.1, -0.05) is 26.0 Å². The van der Waals surface area contributed by atoms with Crippen molar-refractivity contribution >= 4 is 29.9 Å². The van der Waals surface area contributed by atoms with Crippen LogP contribution < -0.4 is 15.4 Å². The molecule has 2 N–H and O–H groups in total. The predicted molar refractivity (Wildman–Crippen MR) is 117 cm³/mol. The van der Waals surface area contributed by atoms with Crippen LogP contribution in [0.4, 0.5) is 0 Å². The minimum Gasteiger partial charge on any atom is -0.493 e. The van der Waals surface area contributed by atoms with Crippen LogP contribution in [0.25, 0.3) is 0 Å². The maximum atomic E-state index is 5.73. The summed E-state index contributed by atoms with van der Waals surface area (Å²) in [6.07, 6.45) is 3.73. The van der Waals surface area contributed by atoms with Crippen LogP contribution in [-0.2, 0) is 6.54 Å². The van der Waals surface area contributed by atoms with Crippen LogP contribution in [0.3, 0.4) is 0 Å². The molecule has 0 bridgehead atoms. The van der Waals surface area contributed by atoms with Gasteiger partial charge in [0.2, 0.25) is 0 Å². The number of hydrogen-bond acceptors (Lipinski definition) is 3. The molecule has 2 aromatic rings. The van der Waals surface area contributed by atoms with Crippen molar-refractivity contribution in [2.24, 2.45) is 10.9 Å². The number of rotatable bonds is 8. The van der Waals surface area contributed by atoms with Crippen molar-refractivity contribution in [2.45, 2.75) is 33.4 Å². The smallest absolute Gasteiger partial charge is 0.191 e. The number of guanidine groups is 1. The highest BCUT2D eigenvalue weighted by atomic mass is 127. The number of benzene rings is 1. The third-order valence-corrected chi connectivity index (χ3v) is 3.73. The largest absolute Gasteiger partial charge is 0.493 e. The van der Waals surface area contributed by atoms with E-state index in [-0.39, 0.29) is 30.0 Å². The van der Waals surface area contributed by atoms with Gasteiger partial charge >= 0.3 is 0 Å². The SMILES string of the molecule is CN=C(NCCn1cccn1)NC(C)c1ccc(OCC(C)C)cc1.I. The molecule has 1 atom stereocenters. The lowest BCUT2D eigenvalue weighted by Gasteiger charge is -2.19. The van der Waals surface area contributed by atoms with E-state index in [4.69, 9.17) is 4.74 Å². The zero-order chi connectivity index (χ0) is 18.1. The molecule has 1 unspecified atom stereocenters. The third kappa shape index (κ3) is 7.63. The summed E-state index contributed by atoms with van der Waals surface area (Å²) in [5, 5.41) is 10.9. The lowest BCUT2D eigenvalue weighted by atomic mass is 10.1. The van der Waals surface area contributed by atoms with Crippen molar-refractivity contribution in [3.05, 3.63) is 48.3 Å². The molecule has 0 spiro atoms. The van der Waals surface area contributed by atoms with Gasteiger partial charge in [-0.25, -0.2) is 0 Å². The minimum atomic E-state index is 0. The number of aliphatic imine (C=N–C) groups is 1. The summed E-state index contributed by atoms with van der Waals surface area (Å²) in [6, 6.07) is 10.3. The average Bonchev–Trinajstić information content (AvgIpc) is 3.12. The molecule has 1 aromatic heterocycles. The van der Waals surface area contributed by atoms with E-state index in [2.05, 4.69) is 53.6 Å². The second kappa shape index (κ2) is 11.8. The van der Waals surface area contributed by atoms with Gasteiger partial charge in [-0.2, -0.15) is 5.10 Å². The number of nitrogens with zero attached hydrogens (tertiary/aromatic N) is 3. The van der Waals surface area contributed by atoms with E-state index in [9.17, 15) is 0 Å². The highest BCUT2D eigenvalue weighted by Gasteiger charge is 2.08. The highest BCUT2D eigenvalue weighted by Crippen LogP contribution is 2.18. The van der Waals surface area contributed by atoms with Gasteiger partial charge in [-0.15, -0.1) is 24.0 Å². The number of aromatic nitrogens is 2. The van der Waals surface area contributed by atoms with E-state index in [0.717, 1.165) is 31.4 Å². The van der Waals surface area contributed by atoms with Gasteiger partial charge in [-0.05, 0) is 36.6 Å². The molecular weight excluding hydrogens is 441 g/mol. The quantitative estimate of drug-likeness (QED) is 0.352. The Kier molecular flexibility index (Phi) is 10.1. The fourth-order valence-corrected chi connectivity index (χ4v) is 2.32. The van der Waals surface area contributed by atoms with Gasteiger partial charge in [0.15, 0.2) is 5.96 Å². The van der Waals surface area contributed by atoms with Crippen LogP contribution >= 0.6 is 24.0 Å². The Bertz CT molecular complexity index is 640. The summed E-state index contributed by atoms with van der Waals surface area (Å²) in [5.74, 6) is 2.21. The summed E-state index contributed by atoms with van der Waals surface area (Å²) >= 11 is 0. The molecule has 0 aliphatic rings. The van der Waals surface area contributed by atoms with Crippen LogP contribution in [0.1, 0.15) is 32.4 Å². The van der Waals surface area contributed by atoms with E-state index in [1.165, 1.54) is 5.56 Å². The average molecular weight is 471 g/mol. The Morgan fingerprint density at radius 1 is 1.23 bits per heavy atom. The maximum absolute atomic E-state index is 5.73. The van der Waals surface area contributed by atoms with Crippen molar-refractivity contribution < 1.29 is 4.74 Å². The van der Waals surface area contributed by atoms with Crippen molar-refractivity contribution in [3.63, 3.8) is 0 Å². The highest BCUT2D eigenvalue weighted by molar-refractivity contribution is 14.0. The predicted octanol–water partition coefficient (Wildman–Crippen LogP) is 3.46. The molecule has 0 saturated heterocycles. The Morgan fingerprint density at radius 2 is 1.96 bits per heavy atom. The molecule has 0 amide bonds. The summed E-state index contributed by atoms with van der Waals surface area (Å²) in [4.78, 5) is 4.28. The van der Waals surface area contributed by atoms with Crippen molar-refractivity contribution in [2.75, 3.05) is 20.2 Å². The molecule has 1 aromatic carbocycles. The fourth-order valence-electron chi connectivity index (χ4n) is 2.32. The van der Waals surface area contributed by atoms with E-state index in [1.54, 1.807) is 13.2 Å². The summed E-state index contributed by atoms with van der Waals surface area (Å²) in [7, 11) is 1.78. The van der Waals surface area contributed by atoms with Crippen molar-refractivity contribution in [3.8, 4) is 5.75 Å². The van der Waals surface area contributed by atoms with E-state index >= 15 is 0 Å². The molecule has 144 valence electrons. The maximum Gasteiger partial charge on any atom is 0.191 e.